The van der Waals surface area contributed by atoms with E-state index in [1.54, 1.807) is 0 Å². The van der Waals surface area contributed by atoms with Gasteiger partial charge in [0.05, 0.1) is 6.61 Å². The maximum atomic E-state index is 11.7. The lowest BCUT2D eigenvalue weighted by Gasteiger charge is -2.12. The van der Waals surface area contributed by atoms with Crippen molar-refractivity contribution in [1.29, 1.82) is 0 Å². The number of carbonyl (C=O) groups excluding carboxylic acids is 1. The van der Waals surface area contributed by atoms with Crippen LogP contribution >= 0.6 is 0 Å². The van der Waals surface area contributed by atoms with Crippen molar-refractivity contribution in [3.05, 3.63) is 64.7 Å². The van der Waals surface area contributed by atoms with Gasteiger partial charge in [-0.05, 0) is 42.2 Å². The van der Waals surface area contributed by atoms with Gasteiger partial charge in [0.25, 0.3) is 0 Å². The van der Waals surface area contributed by atoms with Crippen LogP contribution in [0.2, 0.25) is 0 Å². The van der Waals surface area contributed by atoms with Crippen LogP contribution in [0.5, 0.6) is 5.75 Å². The van der Waals surface area contributed by atoms with Crippen LogP contribution in [0.15, 0.2) is 42.5 Å². The number of hydrogen-bond acceptors (Lipinski definition) is 3. The minimum Gasteiger partial charge on any atom is -0.473 e. The van der Waals surface area contributed by atoms with Gasteiger partial charge in [-0.15, -0.1) is 0 Å². The van der Waals surface area contributed by atoms with Gasteiger partial charge < -0.3 is 20.5 Å². The third-order valence-electron chi connectivity index (χ3n) is 3.67. The van der Waals surface area contributed by atoms with E-state index in [0.29, 0.717) is 6.54 Å². The molecule has 0 aliphatic carbocycles. The fourth-order valence-corrected chi connectivity index (χ4v) is 2.07. The molecule has 0 radical (unpaired) electrons. The highest BCUT2D eigenvalue weighted by molar-refractivity contribution is 5.73. The van der Waals surface area contributed by atoms with E-state index in [2.05, 4.69) is 10.6 Å². The first-order chi connectivity index (χ1) is 11.1. The molecule has 2 amide bonds. The molecule has 0 saturated heterocycles. The Morgan fingerprint density at radius 2 is 1.74 bits per heavy atom. The molecule has 5 heteroatoms. The third kappa shape index (κ3) is 5.00. The number of amides is 2. The molecule has 0 heterocycles. The summed E-state index contributed by atoms with van der Waals surface area (Å²) >= 11 is 0. The van der Waals surface area contributed by atoms with Crippen molar-refractivity contribution in [2.45, 2.75) is 27.0 Å². The van der Waals surface area contributed by atoms with Crippen LogP contribution in [0, 0.1) is 13.8 Å². The number of benzene rings is 2. The molecule has 2 rings (SSSR count). The third-order valence-corrected chi connectivity index (χ3v) is 3.67. The number of nitrogens with one attached hydrogen (secondary N) is 2. The zero-order chi connectivity index (χ0) is 16.7. The first kappa shape index (κ1) is 16.8. The van der Waals surface area contributed by atoms with Crippen LogP contribution in [-0.4, -0.2) is 17.9 Å². The molecule has 2 aromatic carbocycles. The standard InChI is InChI=1S/C18H22N2O3/c1-13-4-3-5-17(14(13)2)23-12-20-18(22)19-10-15-6-8-16(11-21)9-7-15/h3-9,21H,10-12H2,1-2H3,(H2,19,20,22). The second kappa shape index (κ2) is 8.19. The molecule has 0 bridgehead atoms. The Kier molecular flexibility index (Phi) is 6.00. The molecule has 0 unspecified atom stereocenters. The van der Waals surface area contributed by atoms with Crippen LogP contribution in [0.25, 0.3) is 0 Å². The van der Waals surface area contributed by atoms with E-state index >= 15 is 0 Å². The topological polar surface area (TPSA) is 70.6 Å². The number of aryl methyl sites for hydroxylation is 1. The van der Waals surface area contributed by atoms with E-state index in [4.69, 9.17) is 9.84 Å². The Bertz CT molecular complexity index is 654. The Hall–Kier alpha value is -2.53. The van der Waals surface area contributed by atoms with Gasteiger partial charge in [-0.25, -0.2) is 4.79 Å². The van der Waals surface area contributed by atoms with Gasteiger partial charge >= 0.3 is 6.03 Å². The maximum Gasteiger partial charge on any atom is 0.317 e. The van der Waals surface area contributed by atoms with Gasteiger partial charge in [-0.3, -0.25) is 0 Å². The Balaban J connectivity index is 1.73. The summed E-state index contributed by atoms with van der Waals surface area (Å²) in [6, 6.07) is 12.9. The van der Waals surface area contributed by atoms with E-state index in [1.165, 1.54) is 0 Å². The number of aliphatic hydroxyl groups excluding tert-OH is 1. The summed E-state index contributed by atoms with van der Waals surface area (Å²) in [5.74, 6) is 0.768. The fraction of sp³-hybridized carbons (Fsp3) is 0.278. The van der Waals surface area contributed by atoms with Crippen LogP contribution in [-0.2, 0) is 13.2 Å². The Labute approximate surface area is 136 Å². The minimum atomic E-state index is -0.290. The molecule has 2 aromatic rings. The summed E-state index contributed by atoms with van der Waals surface area (Å²) in [6.07, 6.45) is 0. The molecular weight excluding hydrogens is 292 g/mol. The maximum absolute atomic E-state index is 11.7. The molecule has 0 fully saturated rings. The largest absolute Gasteiger partial charge is 0.473 e. The molecule has 0 aliphatic heterocycles. The average Bonchev–Trinajstić information content (AvgIpc) is 2.57. The van der Waals surface area contributed by atoms with E-state index in [0.717, 1.165) is 28.0 Å². The summed E-state index contributed by atoms with van der Waals surface area (Å²) in [5, 5.41) is 14.4. The SMILES string of the molecule is Cc1cccc(OCNC(=O)NCc2ccc(CO)cc2)c1C. The van der Waals surface area contributed by atoms with E-state index in [9.17, 15) is 4.79 Å². The summed E-state index contributed by atoms with van der Waals surface area (Å²) in [4.78, 5) is 11.7. The number of carbonyl (C=O) groups is 1. The second-order valence-corrected chi connectivity index (χ2v) is 5.32. The monoisotopic (exact) mass is 314 g/mol. The number of aliphatic hydroxyl groups is 1. The van der Waals surface area contributed by atoms with Crippen molar-refractivity contribution in [2.75, 3.05) is 6.73 Å². The number of urea groups is 1. The molecule has 23 heavy (non-hydrogen) atoms. The van der Waals surface area contributed by atoms with E-state index in [1.807, 2.05) is 56.3 Å². The van der Waals surface area contributed by atoms with Crippen LogP contribution in [0.3, 0.4) is 0 Å². The average molecular weight is 314 g/mol. The molecular formula is C18H22N2O3. The smallest absolute Gasteiger partial charge is 0.317 e. The summed E-state index contributed by atoms with van der Waals surface area (Å²) < 4.78 is 5.57. The Morgan fingerprint density at radius 1 is 1.04 bits per heavy atom. The quantitative estimate of drug-likeness (QED) is 0.718. The first-order valence-corrected chi connectivity index (χ1v) is 7.49. The first-order valence-electron chi connectivity index (χ1n) is 7.49. The van der Waals surface area contributed by atoms with Gasteiger partial charge in [-0.2, -0.15) is 0 Å². The fourth-order valence-electron chi connectivity index (χ4n) is 2.07. The lowest BCUT2D eigenvalue weighted by atomic mass is 10.1. The van der Waals surface area contributed by atoms with E-state index in [-0.39, 0.29) is 19.4 Å². The molecule has 0 spiro atoms. The molecule has 3 N–H and O–H groups in total. The second-order valence-electron chi connectivity index (χ2n) is 5.32. The van der Waals surface area contributed by atoms with Gasteiger partial charge in [-0.1, -0.05) is 36.4 Å². The van der Waals surface area contributed by atoms with E-state index < -0.39 is 0 Å². The van der Waals surface area contributed by atoms with Crippen molar-refractivity contribution < 1.29 is 14.6 Å². The van der Waals surface area contributed by atoms with Crippen molar-refractivity contribution in [1.82, 2.24) is 10.6 Å². The lowest BCUT2D eigenvalue weighted by Crippen LogP contribution is -2.37. The molecule has 0 aliphatic rings. The molecule has 0 aromatic heterocycles. The number of rotatable bonds is 6. The van der Waals surface area contributed by atoms with Gasteiger partial charge in [0, 0.05) is 6.54 Å². The van der Waals surface area contributed by atoms with Gasteiger partial charge in [0.1, 0.15) is 5.75 Å². The predicted molar refractivity (Wildman–Crippen MR) is 89.1 cm³/mol. The van der Waals surface area contributed by atoms with Gasteiger partial charge in [0.2, 0.25) is 0 Å². The van der Waals surface area contributed by atoms with Crippen molar-refractivity contribution in [2.24, 2.45) is 0 Å². The Morgan fingerprint density at radius 3 is 2.43 bits per heavy atom. The highest BCUT2D eigenvalue weighted by atomic mass is 16.5. The highest BCUT2D eigenvalue weighted by Crippen LogP contribution is 2.19. The normalized spacial score (nSPS) is 10.2. The van der Waals surface area contributed by atoms with Gasteiger partial charge in [0.15, 0.2) is 6.73 Å². The van der Waals surface area contributed by atoms with Crippen LogP contribution in [0.4, 0.5) is 4.79 Å². The minimum absolute atomic E-state index is 0.0178. The summed E-state index contributed by atoms with van der Waals surface area (Å²) in [5.41, 5.74) is 4.03. The lowest BCUT2D eigenvalue weighted by molar-refractivity contribution is 0.223. The number of hydrogen-bond donors (Lipinski definition) is 3. The van der Waals surface area contributed by atoms with Crippen molar-refractivity contribution in [3.8, 4) is 5.75 Å². The van der Waals surface area contributed by atoms with Crippen LogP contribution < -0.4 is 15.4 Å². The van der Waals surface area contributed by atoms with Crippen molar-refractivity contribution in [3.63, 3.8) is 0 Å². The molecule has 0 saturated carbocycles. The summed E-state index contributed by atoms with van der Waals surface area (Å²) in [6.45, 7) is 4.55. The highest BCUT2D eigenvalue weighted by Gasteiger charge is 2.03. The number of ether oxygens (including phenoxy) is 1. The molecule has 122 valence electrons. The zero-order valence-electron chi connectivity index (χ0n) is 13.4. The predicted octanol–water partition coefficient (Wildman–Crippen LogP) is 2.63. The molecule has 0 atom stereocenters. The van der Waals surface area contributed by atoms with Crippen LogP contribution in [0.1, 0.15) is 22.3 Å². The molecule has 5 nitrogen and oxygen atoms in total. The zero-order valence-corrected chi connectivity index (χ0v) is 13.4. The van der Waals surface area contributed by atoms with Crippen molar-refractivity contribution >= 4 is 6.03 Å². The summed E-state index contributed by atoms with van der Waals surface area (Å²) in [7, 11) is 0.